The quantitative estimate of drug-likeness (QED) is 0.682. The molecule has 1 aliphatic rings. The Kier molecular flexibility index (Phi) is 2.83. The lowest BCUT2D eigenvalue weighted by Gasteiger charge is -2.21. The molecule has 0 spiro atoms. The van der Waals surface area contributed by atoms with Gasteiger partial charge in [-0.3, -0.25) is 4.90 Å². The molecule has 0 N–H and O–H groups in total. The van der Waals surface area contributed by atoms with Gasteiger partial charge in [0.25, 0.3) is 0 Å². The normalized spacial score (nSPS) is 25.3. The van der Waals surface area contributed by atoms with Crippen molar-refractivity contribution in [2.24, 2.45) is 0 Å². The molecule has 1 fully saturated rings. The van der Waals surface area contributed by atoms with E-state index < -0.39 is 0 Å². The number of aryl methyl sites for hydroxylation is 1. The maximum atomic E-state index is 2.58. The van der Waals surface area contributed by atoms with Crippen molar-refractivity contribution in [3.05, 3.63) is 35.9 Å². The van der Waals surface area contributed by atoms with Gasteiger partial charge in [-0.05, 0) is 39.2 Å². The van der Waals surface area contributed by atoms with Crippen LogP contribution in [-0.2, 0) is 6.42 Å². The highest BCUT2D eigenvalue weighted by Gasteiger charge is 2.40. The van der Waals surface area contributed by atoms with Gasteiger partial charge in [0.05, 0.1) is 0 Å². The Hall–Kier alpha value is -0.820. The molecule has 1 heteroatoms. The van der Waals surface area contributed by atoms with Crippen molar-refractivity contribution < 1.29 is 0 Å². The first-order valence-corrected chi connectivity index (χ1v) is 5.88. The van der Waals surface area contributed by atoms with Gasteiger partial charge in [-0.25, -0.2) is 0 Å². The van der Waals surface area contributed by atoms with E-state index in [2.05, 4.69) is 56.0 Å². The average Bonchev–Trinajstić information content (AvgIpc) is 2.95. The van der Waals surface area contributed by atoms with Crippen LogP contribution in [0.3, 0.4) is 0 Å². The number of benzene rings is 1. The highest BCUT2D eigenvalue weighted by Crippen LogP contribution is 2.31. The number of nitrogens with zero attached hydrogens (tertiary/aromatic N) is 1. The Morgan fingerprint density at radius 2 is 1.87 bits per heavy atom. The third-order valence-corrected chi connectivity index (χ3v) is 3.19. The van der Waals surface area contributed by atoms with Crippen LogP contribution >= 0.6 is 0 Å². The van der Waals surface area contributed by atoms with Crippen molar-refractivity contribution in [3.8, 4) is 0 Å². The van der Waals surface area contributed by atoms with E-state index in [4.69, 9.17) is 0 Å². The lowest BCUT2D eigenvalue weighted by Crippen LogP contribution is -2.27. The van der Waals surface area contributed by atoms with E-state index in [1.54, 1.807) is 0 Å². The fourth-order valence-corrected chi connectivity index (χ4v) is 2.23. The minimum absolute atomic E-state index is 0.362. The summed E-state index contributed by atoms with van der Waals surface area (Å²) in [5.74, 6) is 0. The van der Waals surface area contributed by atoms with Crippen LogP contribution in [0.25, 0.3) is 0 Å². The molecule has 1 saturated heterocycles. The Balaban J connectivity index is 1.78. The second kappa shape index (κ2) is 3.97. The summed E-state index contributed by atoms with van der Waals surface area (Å²) in [5.41, 5.74) is 1.83. The third-order valence-electron chi connectivity index (χ3n) is 3.19. The smallest absolute Gasteiger partial charge is 0.0232 e. The molecule has 0 aliphatic carbocycles. The summed E-state index contributed by atoms with van der Waals surface area (Å²) in [6.07, 6.45) is 2.53. The van der Waals surface area contributed by atoms with Crippen LogP contribution in [0.1, 0.15) is 32.8 Å². The largest absolute Gasteiger partial charge is 0.293 e. The molecular formula is C14H21N. The zero-order valence-electron chi connectivity index (χ0n) is 10.0. The topological polar surface area (TPSA) is 3.01 Å². The molecule has 0 amide bonds. The molecule has 1 aromatic carbocycles. The van der Waals surface area contributed by atoms with Gasteiger partial charge in [0.2, 0.25) is 0 Å². The van der Waals surface area contributed by atoms with Crippen molar-refractivity contribution in [1.29, 1.82) is 0 Å². The lowest BCUT2D eigenvalue weighted by atomic mass is 10.1. The van der Waals surface area contributed by atoms with Gasteiger partial charge >= 0.3 is 0 Å². The Labute approximate surface area is 93.1 Å². The molecule has 2 atom stereocenters. The van der Waals surface area contributed by atoms with E-state index in [-0.39, 0.29) is 0 Å². The van der Waals surface area contributed by atoms with E-state index in [9.17, 15) is 0 Å². The fourth-order valence-electron chi connectivity index (χ4n) is 2.23. The van der Waals surface area contributed by atoms with E-state index in [1.807, 2.05) is 0 Å². The van der Waals surface area contributed by atoms with Crippen LogP contribution in [-0.4, -0.2) is 23.0 Å². The summed E-state index contributed by atoms with van der Waals surface area (Å²) in [4.78, 5) is 2.58. The monoisotopic (exact) mass is 203 g/mol. The minimum atomic E-state index is 0.362. The maximum Gasteiger partial charge on any atom is 0.0232 e. The minimum Gasteiger partial charge on any atom is -0.293 e. The van der Waals surface area contributed by atoms with Gasteiger partial charge in [-0.2, -0.15) is 0 Å². The van der Waals surface area contributed by atoms with Crippen LogP contribution < -0.4 is 0 Å². The first-order chi connectivity index (χ1) is 7.07. The van der Waals surface area contributed by atoms with Crippen LogP contribution in [0.4, 0.5) is 0 Å². The Morgan fingerprint density at radius 1 is 1.20 bits per heavy atom. The van der Waals surface area contributed by atoms with Crippen LogP contribution in [0.15, 0.2) is 30.3 Å². The van der Waals surface area contributed by atoms with Crippen molar-refractivity contribution in [2.45, 2.75) is 45.2 Å². The van der Waals surface area contributed by atoms with Crippen LogP contribution in [0, 0.1) is 0 Å². The molecule has 1 heterocycles. The maximum absolute atomic E-state index is 2.58. The van der Waals surface area contributed by atoms with Gasteiger partial charge in [0.1, 0.15) is 0 Å². The molecule has 2 rings (SSSR count). The molecule has 0 saturated carbocycles. The van der Waals surface area contributed by atoms with E-state index in [0.717, 1.165) is 6.04 Å². The third kappa shape index (κ3) is 2.82. The molecule has 1 nitrogen and oxygen atoms in total. The second-order valence-electron chi connectivity index (χ2n) is 5.50. The Morgan fingerprint density at radius 3 is 2.40 bits per heavy atom. The van der Waals surface area contributed by atoms with Crippen LogP contribution in [0.2, 0.25) is 0 Å². The van der Waals surface area contributed by atoms with Gasteiger partial charge in [-0.1, -0.05) is 30.3 Å². The summed E-state index contributed by atoms with van der Waals surface area (Å²) in [6.45, 7) is 8.19. The fraction of sp³-hybridized carbons (Fsp3) is 0.571. The molecular weight excluding hydrogens is 182 g/mol. The molecule has 15 heavy (non-hydrogen) atoms. The van der Waals surface area contributed by atoms with Crippen LogP contribution in [0.5, 0.6) is 0 Å². The number of hydrogen-bond acceptors (Lipinski definition) is 1. The summed E-state index contributed by atoms with van der Waals surface area (Å²) in [5, 5.41) is 0. The molecule has 0 aromatic heterocycles. The highest BCUT2D eigenvalue weighted by atomic mass is 15.3. The van der Waals surface area contributed by atoms with Gasteiger partial charge in [0.15, 0.2) is 0 Å². The summed E-state index contributed by atoms with van der Waals surface area (Å²) in [6, 6.07) is 11.6. The molecule has 0 radical (unpaired) electrons. The zero-order chi connectivity index (χ0) is 10.9. The number of rotatable bonds is 3. The summed E-state index contributed by atoms with van der Waals surface area (Å²) >= 11 is 0. The number of hydrogen-bond donors (Lipinski definition) is 0. The standard InChI is InChI=1S/C14H21N/c1-14(2,3)15-11-13(15)10-9-12-7-5-4-6-8-12/h4-8,13H,9-11H2,1-3H3. The highest BCUT2D eigenvalue weighted by molar-refractivity contribution is 5.15. The first kappa shape index (κ1) is 10.7. The van der Waals surface area contributed by atoms with Gasteiger partial charge < -0.3 is 0 Å². The van der Waals surface area contributed by atoms with E-state index >= 15 is 0 Å². The molecule has 1 aliphatic heterocycles. The molecule has 1 aromatic rings. The first-order valence-electron chi connectivity index (χ1n) is 5.88. The van der Waals surface area contributed by atoms with Crippen molar-refractivity contribution in [3.63, 3.8) is 0 Å². The second-order valence-corrected chi connectivity index (χ2v) is 5.50. The van der Waals surface area contributed by atoms with Gasteiger partial charge in [-0.15, -0.1) is 0 Å². The molecule has 0 bridgehead atoms. The average molecular weight is 203 g/mol. The van der Waals surface area contributed by atoms with Crippen molar-refractivity contribution >= 4 is 0 Å². The summed E-state index contributed by atoms with van der Waals surface area (Å²) in [7, 11) is 0. The van der Waals surface area contributed by atoms with Crippen molar-refractivity contribution in [2.75, 3.05) is 6.54 Å². The Bertz CT molecular complexity index is 310. The predicted octanol–water partition coefficient (Wildman–Crippen LogP) is 3.10. The van der Waals surface area contributed by atoms with Crippen molar-refractivity contribution in [1.82, 2.24) is 4.90 Å². The van der Waals surface area contributed by atoms with E-state index in [0.29, 0.717) is 5.54 Å². The molecule has 2 unspecified atom stereocenters. The SMILES string of the molecule is CC(C)(C)N1CC1CCc1ccccc1. The zero-order valence-corrected chi connectivity index (χ0v) is 10.0. The van der Waals surface area contributed by atoms with E-state index in [1.165, 1.54) is 24.9 Å². The summed E-state index contributed by atoms with van der Waals surface area (Å²) < 4.78 is 0. The lowest BCUT2D eigenvalue weighted by molar-refractivity contribution is 0.282. The predicted molar refractivity (Wildman–Crippen MR) is 65.0 cm³/mol. The molecule has 82 valence electrons. The van der Waals surface area contributed by atoms with Gasteiger partial charge in [0, 0.05) is 18.1 Å².